The van der Waals surface area contributed by atoms with Crippen LogP contribution in [0.1, 0.15) is 29.2 Å². The highest BCUT2D eigenvalue weighted by atomic mass is 127. The SMILES string of the molecule is CCNC(=NCc1cccc(CN(C)C)c1)NCc1ccc(C)cc1OCCOC.I. The van der Waals surface area contributed by atoms with Crippen LogP contribution in [0.3, 0.4) is 0 Å². The van der Waals surface area contributed by atoms with Crippen molar-refractivity contribution in [1.82, 2.24) is 15.5 Å². The van der Waals surface area contributed by atoms with Crippen LogP contribution in [0, 0.1) is 6.92 Å². The average Bonchev–Trinajstić information content (AvgIpc) is 2.71. The lowest BCUT2D eigenvalue weighted by Crippen LogP contribution is -2.36. The summed E-state index contributed by atoms with van der Waals surface area (Å²) in [5.41, 5.74) is 4.76. The van der Waals surface area contributed by atoms with Gasteiger partial charge in [-0.3, -0.25) is 0 Å². The van der Waals surface area contributed by atoms with Crippen molar-refractivity contribution in [3.05, 3.63) is 64.7 Å². The highest BCUT2D eigenvalue weighted by Gasteiger charge is 2.06. The lowest BCUT2D eigenvalue weighted by molar-refractivity contribution is 0.145. The first-order valence-corrected chi connectivity index (χ1v) is 10.5. The van der Waals surface area contributed by atoms with Gasteiger partial charge in [-0.05, 0) is 50.7 Å². The van der Waals surface area contributed by atoms with Crippen LogP contribution in [0.2, 0.25) is 0 Å². The van der Waals surface area contributed by atoms with Gasteiger partial charge < -0.3 is 25.0 Å². The molecule has 0 aromatic heterocycles. The Labute approximate surface area is 204 Å². The molecule has 6 nitrogen and oxygen atoms in total. The Morgan fingerprint density at radius 2 is 1.81 bits per heavy atom. The maximum atomic E-state index is 5.90. The number of guanidine groups is 1. The van der Waals surface area contributed by atoms with E-state index in [9.17, 15) is 0 Å². The number of benzene rings is 2. The van der Waals surface area contributed by atoms with Gasteiger partial charge in [-0.25, -0.2) is 4.99 Å². The number of hydrogen-bond donors (Lipinski definition) is 2. The van der Waals surface area contributed by atoms with Crippen LogP contribution in [0.15, 0.2) is 47.5 Å². The van der Waals surface area contributed by atoms with E-state index < -0.39 is 0 Å². The summed E-state index contributed by atoms with van der Waals surface area (Å²) in [7, 11) is 5.84. The Balaban J connectivity index is 0.00000480. The van der Waals surface area contributed by atoms with Gasteiger partial charge in [0, 0.05) is 32.3 Å². The number of aliphatic imine (C=N–C) groups is 1. The Morgan fingerprint density at radius 3 is 2.52 bits per heavy atom. The second kappa shape index (κ2) is 15.0. The number of ether oxygens (including phenoxy) is 2. The summed E-state index contributed by atoms with van der Waals surface area (Å²) in [5, 5.41) is 6.75. The van der Waals surface area contributed by atoms with Crippen molar-refractivity contribution < 1.29 is 9.47 Å². The third-order valence-corrected chi connectivity index (χ3v) is 4.47. The minimum absolute atomic E-state index is 0. The monoisotopic (exact) mass is 540 g/mol. The lowest BCUT2D eigenvalue weighted by atomic mass is 10.1. The van der Waals surface area contributed by atoms with Crippen LogP contribution < -0.4 is 15.4 Å². The van der Waals surface area contributed by atoms with E-state index in [2.05, 4.69) is 85.9 Å². The molecule has 2 aromatic carbocycles. The summed E-state index contributed by atoms with van der Waals surface area (Å²) >= 11 is 0. The fourth-order valence-electron chi connectivity index (χ4n) is 3.06. The summed E-state index contributed by atoms with van der Waals surface area (Å²) < 4.78 is 11.0. The van der Waals surface area contributed by atoms with E-state index in [0.717, 1.165) is 30.4 Å². The maximum absolute atomic E-state index is 5.90. The van der Waals surface area contributed by atoms with E-state index in [4.69, 9.17) is 14.5 Å². The molecule has 172 valence electrons. The van der Waals surface area contributed by atoms with Gasteiger partial charge in [0.25, 0.3) is 0 Å². The second-order valence-electron chi connectivity index (χ2n) is 7.56. The first kappa shape index (κ1) is 27.2. The normalized spacial score (nSPS) is 11.2. The fourth-order valence-corrected chi connectivity index (χ4v) is 3.06. The number of methoxy groups -OCH3 is 1. The van der Waals surface area contributed by atoms with Crippen molar-refractivity contribution >= 4 is 29.9 Å². The zero-order valence-corrected chi connectivity index (χ0v) is 21.7. The van der Waals surface area contributed by atoms with Crippen molar-refractivity contribution in [3.8, 4) is 5.75 Å². The van der Waals surface area contributed by atoms with E-state index in [0.29, 0.717) is 26.3 Å². The third-order valence-electron chi connectivity index (χ3n) is 4.47. The third kappa shape index (κ3) is 10.3. The molecule has 0 spiro atoms. The molecule has 0 amide bonds. The highest BCUT2D eigenvalue weighted by Crippen LogP contribution is 2.20. The predicted molar refractivity (Wildman–Crippen MR) is 139 cm³/mol. The van der Waals surface area contributed by atoms with Gasteiger partial charge >= 0.3 is 0 Å². The largest absolute Gasteiger partial charge is 0.491 e. The van der Waals surface area contributed by atoms with Crippen LogP contribution in [-0.2, 0) is 24.4 Å². The van der Waals surface area contributed by atoms with Crippen LogP contribution in [0.25, 0.3) is 0 Å². The number of hydrogen-bond acceptors (Lipinski definition) is 4. The summed E-state index contributed by atoms with van der Waals surface area (Å²) in [5.74, 6) is 1.67. The first-order valence-electron chi connectivity index (χ1n) is 10.5. The molecular weight excluding hydrogens is 503 g/mol. The van der Waals surface area contributed by atoms with Gasteiger partial charge in [-0.15, -0.1) is 24.0 Å². The summed E-state index contributed by atoms with van der Waals surface area (Å²) in [6.45, 7) is 8.22. The number of rotatable bonds is 11. The van der Waals surface area contributed by atoms with E-state index in [-0.39, 0.29) is 24.0 Å². The first-order chi connectivity index (χ1) is 14.5. The van der Waals surface area contributed by atoms with Gasteiger partial charge in [-0.1, -0.05) is 36.4 Å². The molecule has 0 atom stereocenters. The smallest absolute Gasteiger partial charge is 0.191 e. The number of nitrogens with one attached hydrogen (secondary N) is 2. The average molecular weight is 540 g/mol. The van der Waals surface area contributed by atoms with Gasteiger partial charge in [0.05, 0.1) is 13.2 Å². The standard InChI is InChI=1S/C24H36N4O2.HI/c1-6-25-24(26-16-20-8-7-9-21(15-20)18-28(3)4)27-17-22-11-10-19(2)14-23(22)30-13-12-29-5;/h7-11,14-15H,6,12-13,16-18H2,1-5H3,(H2,25,26,27);1H. The summed E-state index contributed by atoms with van der Waals surface area (Å²) in [4.78, 5) is 6.93. The summed E-state index contributed by atoms with van der Waals surface area (Å²) in [6.07, 6.45) is 0. The van der Waals surface area contributed by atoms with Crippen molar-refractivity contribution in [2.75, 3.05) is 41.0 Å². The number of nitrogens with zero attached hydrogens (tertiary/aromatic N) is 2. The van der Waals surface area contributed by atoms with Crippen LogP contribution in [0.4, 0.5) is 0 Å². The molecule has 0 aliphatic heterocycles. The number of aryl methyl sites for hydroxylation is 1. The van der Waals surface area contributed by atoms with E-state index in [1.165, 1.54) is 16.7 Å². The molecule has 0 aliphatic carbocycles. The van der Waals surface area contributed by atoms with E-state index in [1.807, 2.05) is 0 Å². The van der Waals surface area contributed by atoms with E-state index in [1.54, 1.807) is 7.11 Å². The minimum Gasteiger partial charge on any atom is -0.491 e. The molecule has 0 fully saturated rings. The Hall–Kier alpha value is -1.84. The molecule has 0 saturated heterocycles. The van der Waals surface area contributed by atoms with E-state index >= 15 is 0 Å². The Kier molecular flexibility index (Phi) is 13.2. The molecular formula is C24H37IN4O2. The molecule has 7 heteroatoms. The van der Waals surface area contributed by atoms with Crippen LogP contribution in [-0.4, -0.2) is 51.8 Å². The van der Waals surface area contributed by atoms with Crippen molar-refractivity contribution in [3.63, 3.8) is 0 Å². The maximum Gasteiger partial charge on any atom is 0.191 e. The predicted octanol–water partition coefficient (Wildman–Crippen LogP) is 3.96. The van der Waals surface area contributed by atoms with Crippen molar-refractivity contribution in [1.29, 1.82) is 0 Å². The molecule has 0 unspecified atom stereocenters. The molecule has 0 aliphatic rings. The number of halogens is 1. The molecule has 31 heavy (non-hydrogen) atoms. The lowest BCUT2D eigenvalue weighted by Gasteiger charge is -2.15. The van der Waals surface area contributed by atoms with Gasteiger partial charge in [0.1, 0.15) is 12.4 Å². The van der Waals surface area contributed by atoms with Crippen LogP contribution in [0.5, 0.6) is 5.75 Å². The Bertz CT molecular complexity index is 812. The minimum atomic E-state index is 0. The fraction of sp³-hybridized carbons (Fsp3) is 0.458. The van der Waals surface area contributed by atoms with Crippen molar-refractivity contribution in [2.45, 2.75) is 33.5 Å². The molecule has 0 radical (unpaired) electrons. The molecule has 0 saturated carbocycles. The van der Waals surface area contributed by atoms with Crippen LogP contribution >= 0.6 is 24.0 Å². The highest BCUT2D eigenvalue weighted by molar-refractivity contribution is 14.0. The topological polar surface area (TPSA) is 58.1 Å². The molecule has 2 N–H and O–H groups in total. The molecule has 0 bridgehead atoms. The molecule has 2 rings (SSSR count). The Morgan fingerprint density at radius 1 is 1.03 bits per heavy atom. The van der Waals surface area contributed by atoms with Gasteiger partial charge in [-0.2, -0.15) is 0 Å². The molecule has 2 aromatic rings. The zero-order chi connectivity index (χ0) is 21.8. The van der Waals surface area contributed by atoms with Gasteiger partial charge in [0.2, 0.25) is 0 Å². The molecule has 0 heterocycles. The quantitative estimate of drug-likeness (QED) is 0.196. The van der Waals surface area contributed by atoms with Crippen molar-refractivity contribution in [2.24, 2.45) is 4.99 Å². The van der Waals surface area contributed by atoms with Gasteiger partial charge in [0.15, 0.2) is 5.96 Å². The second-order valence-corrected chi connectivity index (χ2v) is 7.56. The zero-order valence-electron chi connectivity index (χ0n) is 19.4. The summed E-state index contributed by atoms with van der Waals surface area (Å²) in [6, 6.07) is 14.8.